The van der Waals surface area contributed by atoms with E-state index < -0.39 is 24.3 Å². The minimum Gasteiger partial charge on any atom is -0.462 e. The fourth-order valence-electron chi connectivity index (χ4n) is 2.61. The molecule has 0 spiro atoms. The number of hydrogen-bond acceptors (Lipinski definition) is 6. The van der Waals surface area contributed by atoms with Crippen molar-refractivity contribution in [3.63, 3.8) is 0 Å². The Kier molecular flexibility index (Phi) is 7.10. The molecule has 144 valence electrons. The van der Waals surface area contributed by atoms with Crippen molar-refractivity contribution >= 4 is 41.1 Å². The van der Waals surface area contributed by atoms with Crippen molar-refractivity contribution in [3.05, 3.63) is 51.3 Å². The zero-order valence-corrected chi connectivity index (χ0v) is 17.0. The van der Waals surface area contributed by atoms with Gasteiger partial charge >= 0.3 is 11.9 Å². The molecule has 1 N–H and O–H groups in total. The van der Waals surface area contributed by atoms with E-state index in [4.69, 9.17) is 21.1 Å². The van der Waals surface area contributed by atoms with Gasteiger partial charge < -0.3 is 14.5 Å². The molecular weight excluding hydrogens is 390 g/mol. The first-order chi connectivity index (χ1) is 12.8. The molecule has 0 aliphatic rings. The van der Waals surface area contributed by atoms with Crippen molar-refractivity contribution in [2.75, 3.05) is 19.5 Å². The molecule has 0 radical (unpaired) electrons. The highest BCUT2D eigenvalue weighted by Crippen LogP contribution is 2.24. The molecule has 0 saturated heterocycles. The predicted molar refractivity (Wildman–Crippen MR) is 104 cm³/mol. The van der Waals surface area contributed by atoms with Crippen molar-refractivity contribution in [1.29, 1.82) is 0 Å². The first-order valence-electron chi connectivity index (χ1n) is 8.20. The third-order valence-electron chi connectivity index (χ3n) is 3.92. The summed E-state index contributed by atoms with van der Waals surface area (Å²) in [6.45, 7) is 4.79. The van der Waals surface area contributed by atoms with E-state index in [1.807, 2.05) is 6.26 Å². The molecule has 8 heteroatoms. The molecule has 1 aromatic heterocycles. The molecule has 0 bridgehead atoms. The van der Waals surface area contributed by atoms with E-state index in [1.165, 1.54) is 11.8 Å². The molecule has 1 heterocycles. The lowest BCUT2D eigenvalue weighted by molar-refractivity contribution is 0.0472. The molecule has 1 aromatic carbocycles. The molecule has 0 atom stereocenters. The summed E-state index contributed by atoms with van der Waals surface area (Å²) < 4.78 is 10.1. The summed E-state index contributed by atoms with van der Waals surface area (Å²) in [5.41, 5.74) is 1.73. The van der Waals surface area contributed by atoms with Crippen LogP contribution < -0.4 is 0 Å². The number of ketones is 1. The smallest absolute Gasteiger partial charge is 0.340 e. The van der Waals surface area contributed by atoms with Gasteiger partial charge in [0.05, 0.1) is 28.5 Å². The number of nitrogens with one attached hydrogen (secondary N) is 1. The molecular formula is C19H20ClNO5S. The Morgan fingerprint density at radius 3 is 2.48 bits per heavy atom. The Balaban J connectivity index is 2.13. The molecule has 0 fully saturated rings. The van der Waals surface area contributed by atoms with Crippen LogP contribution in [0.15, 0.2) is 23.1 Å². The average molecular weight is 410 g/mol. The molecule has 27 heavy (non-hydrogen) atoms. The number of halogens is 1. The van der Waals surface area contributed by atoms with E-state index in [-0.39, 0.29) is 22.9 Å². The number of esters is 2. The van der Waals surface area contributed by atoms with Crippen molar-refractivity contribution in [3.8, 4) is 0 Å². The van der Waals surface area contributed by atoms with Gasteiger partial charge in [0.2, 0.25) is 5.78 Å². The molecule has 0 unspecified atom stereocenters. The minimum absolute atomic E-state index is 0.197. The SMILES string of the molecule is CCOC(=O)c1c(C)[nH]c(C(=O)COC(=O)c2cc(SC)ccc2Cl)c1C. The van der Waals surface area contributed by atoms with Gasteiger partial charge in [0.15, 0.2) is 6.61 Å². The standard InChI is InChI=1S/C19H20ClNO5S/c1-5-25-19(24)16-10(2)17(21-11(16)3)15(22)9-26-18(23)13-8-12(27-4)6-7-14(13)20/h6-8,21H,5,9H2,1-4H3. The number of H-pyrrole nitrogens is 1. The second kappa shape index (κ2) is 9.10. The Hall–Kier alpha value is -2.25. The highest BCUT2D eigenvalue weighted by atomic mass is 35.5. The number of carbonyl (C=O) groups excluding carboxylic acids is 3. The largest absolute Gasteiger partial charge is 0.462 e. The van der Waals surface area contributed by atoms with E-state index in [1.54, 1.807) is 39.0 Å². The van der Waals surface area contributed by atoms with Gasteiger partial charge in [-0.2, -0.15) is 0 Å². The maximum atomic E-state index is 12.5. The summed E-state index contributed by atoms with van der Waals surface area (Å²) >= 11 is 7.50. The van der Waals surface area contributed by atoms with Crippen molar-refractivity contribution in [2.24, 2.45) is 0 Å². The summed E-state index contributed by atoms with van der Waals surface area (Å²) in [5, 5.41) is 0.252. The molecule has 2 aromatic rings. The lowest BCUT2D eigenvalue weighted by Gasteiger charge is -2.07. The molecule has 0 aliphatic heterocycles. The van der Waals surface area contributed by atoms with Crippen LogP contribution in [0.3, 0.4) is 0 Å². The topological polar surface area (TPSA) is 85.5 Å². The minimum atomic E-state index is -0.684. The van der Waals surface area contributed by atoms with Gasteiger partial charge in [-0.05, 0) is 50.8 Å². The number of rotatable bonds is 7. The second-order valence-corrected chi connectivity index (χ2v) is 6.98. The number of aryl methyl sites for hydroxylation is 1. The van der Waals surface area contributed by atoms with Crippen LogP contribution in [0.25, 0.3) is 0 Å². The summed E-state index contributed by atoms with van der Waals surface area (Å²) in [4.78, 5) is 40.5. The van der Waals surface area contributed by atoms with Crippen LogP contribution in [0.5, 0.6) is 0 Å². The molecule has 0 saturated carbocycles. The number of benzene rings is 1. The van der Waals surface area contributed by atoms with E-state index in [2.05, 4.69) is 4.98 Å². The van der Waals surface area contributed by atoms with Crippen molar-refractivity contribution < 1.29 is 23.9 Å². The van der Waals surface area contributed by atoms with Gasteiger partial charge in [-0.3, -0.25) is 4.79 Å². The number of carbonyl (C=O) groups is 3. The van der Waals surface area contributed by atoms with Crippen molar-refractivity contribution in [2.45, 2.75) is 25.7 Å². The third-order valence-corrected chi connectivity index (χ3v) is 4.98. The number of thioether (sulfide) groups is 1. The zero-order chi connectivity index (χ0) is 20.1. The predicted octanol–water partition coefficient (Wildman–Crippen LogP) is 4.22. The van der Waals surface area contributed by atoms with Crippen LogP contribution in [0.1, 0.15) is 49.4 Å². The normalized spacial score (nSPS) is 10.6. The molecule has 0 aliphatic carbocycles. The summed E-state index contributed by atoms with van der Waals surface area (Å²) in [5.74, 6) is -1.63. The van der Waals surface area contributed by atoms with Gasteiger partial charge in [-0.15, -0.1) is 11.8 Å². The van der Waals surface area contributed by atoms with Crippen LogP contribution >= 0.6 is 23.4 Å². The van der Waals surface area contributed by atoms with Crippen LogP contribution in [0, 0.1) is 13.8 Å². The highest BCUT2D eigenvalue weighted by Gasteiger charge is 2.24. The summed E-state index contributed by atoms with van der Waals surface area (Å²) in [6, 6.07) is 5.01. The fraction of sp³-hybridized carbons (Fsp3) is 0.316. The van der Waals surface area contributed by atoms with Crippen LogP contribution in [0.4, 0.5) is 0 Å². The number of hydrogen-bond donors (Lipinski definition) is 1. The fourth-order valence-corrected chi connectivity index (χ4v) is 3.24. The monoisotopic (exact) mass is 409 g/mol. The van der Waals surface area contributed by atoms with E-state index >= 15 is 0 Å². The second-order valence-electron chi connectivity index (χ2n) is 5.69. The van der Waals surface area contributed by atoms with Crippen molar-refractivity contribution in [1.82, 2.24) is 4.98 Å². The van der Waals surface area contributed by atoms with Gasteiger partial charge in [-0.1, -0.05) is 11.6 Å². The number of aromatic nitrogens is 1. The number of aromatic amines is 1. The Morgan fingerprint density at radius 2 is 1.85 bits per heavy atom. The maximum absolute atomic E-state index is 12.5. The summed E-state index contributed by atoms with van der Waals surface area (Å²) in [7, 11) is 0. The molecule has 0 amide bonds. The zero-order valence-electron chi connectivity index (χ0n) is 15.5. The Bertz CT molecular complexity index is 890. The van der Waals surface area contributed by atoms with Crippen LogP contribution in [-0.4, -0.2) is 42.2 Å². The average Bonchev–Trinajstić information content (AvgIpc) is 2.94. The lowest BCUT2D eigenvalue weighted by Crippen LogP contribution is -2.16. The third kappa shape index (κ3) is 4.73. The van der Waals surface area contributed by atoms with E-state index in [0.29, 0.717) is 16.8 Å². The van der Waals surface area contributed by atoms with E-state index in [9.17, 15) is 14.4 Å². The maximum Gasteiger partial charge on any atom is 0.340 e. The molecule has 2 rings (SSSR count). The van der Waals surface area contributed by atoms with Crippen LogP contribution in [0.2, 0.25) is 5.02 Å². The van der Waals surface area contributed by atoms with Gasteiger partial charge in [-0.25, -0.2) is 9.59 Å². The van der Waals surface area contributed by atoms with E-state index in [0.717, 1.165) is 4.90 Å². The molecule has 6 nitrogen and oxygen atoms in total. The number of Topliss-reactive ketones (excluding diaryl/α,β-unsaturated/α-hetero) is 1. The Labute approximate surface area is 166 Å². The highest BCUT2D eigenvalue weighted by molar-refractivity contribution is 7.98. The Morgan fingerprint density at radius 1 is 1.15 bits per heavy atom. The lowest BCUT2D eigenvalue weighted by atomic mass is 10.1. The van der Waals surface area contributed by atoms with Gasteiger partial charge in [0.25, 0.3) is 0 Å². The van der Waals surface area contributed by atoms with Gasteiger partial charge in [0, 0.05) is 10.6 Å². The van der Waals surface area contributed by atoms with Crippen LogP contribution in [-0.2, 0) is 9.47 Å². The summed E-state index contributed by atoms with van der Waals surface area (Å²) in [6.07, 6.45) is 1.87. The van der Waals surface area contributed by atoms with Gasteiger partial charge in [0.1, 0.15) is 0 Å². The first kappa shape index (κ1) is 21.1. The number of ether oxygens (including phenoxy) is 2. The quantitative estimate of drug-likeness (QED) is 0.418. The first-order valence-corrected chi connectivity index (χ1v) is 9.80.